The molecule has 22 heavy (non-hydrogen) atoms. The summed E-state index contributed by atoms with van der Waals surface area (Å²) < 4.78 is 19.7. The van der Waals surface area contributed by atoms with Crippen molar-refractivity contribution in [2.75, 3.05) is 5.73 Å². The van der Waals surface area contributed by atoms with Gasteiger partial charge in [-0.25, -0.2) is 9.18 Å². The normalized spacial score (nSPS) is 30.9. The lowest BCUT2D eigenvalue weighted by Crippen LogP contribution is -2.28. The first-order valence-corrected chi connectivity index (χ1v) is 7.74. The van der Waals surface area contributed by atoms with Gasteiger partial charge in [0.05, 0.1) is 18.4 Å². The second kappa shape index (κ2) is 7.19. The number of hydrogen-bond acceptors (Lipinski definition) is 5. The molecular formula is C15H24FN3O3. The van der Waals surface area contributed by atoms with Crippen LogP contribution in [-0.2, 0) is 4.74 Å². The lowest BCUT2D eigenvalue weighted by molar-refractivity contribution is 0.00747. The standard InChI is InChI=1S/C9H12FN3O2.C6H12O/c1-5-2-3-7(15-5)13-4-6(10)8(11)12-9(13)14;1-5-2-3-6(7)4-5/h4-5,7H,2-3H2,1H3,(H2,11,12,14);5-7H,2-4H2,1H3. The molecule has 1 saturated carbocycles. The van der Waals surface area contributed by atoms with Gasteiger partial charge in [0.25, 0.3) is 0 Å². The molecular weight excluding hydrogens is 289 g/mol. The summed E-state index contributed by atoms with van der Waals surface area (Å²) in [6.45, 7) is 4.10. The van der Waals surface area contributed by atoms with Gasteiger partial charge < -0.3 is 15.6 Å². The van der Waals surface area contributed by atoms with E-state index in [0.29, 0.717) is 6.42 Å². The minimum absolute atomic E-state index is 0.0231. The molecule has 0 amide bonds. The monoisotopic (exact) mass is 313 g/mol. The maximum atomic E-state index is 13.1. The van der Waals surface area contributed by atoms with Crippen molar-refractivity contribution in [2.45, 2.75) is 64.4 Å². The number of ether oxygens (including phenoxy) is 1. The van der Waals surface area contributed by atoms with Crippen LogP contribution in [0.3, 0.4) is 0 Å². The van der Waals surface area contributed by atoms with Crippen LogP contribution in [0.25, 0.3) is 0 Å². The molecule has 7 heteroatoms. The molecule has 1 aromatic heterocycles. The van der Waals surface area contributed by atoms with Crippen molar-refractivity contribution in [3.63, 3.8) is 0 Å². The molecule has 4 unspecified atom stereocenters. The smallest absolute Gasteiger partial charge is 0.351 e. The van der Waals surface area contributed by atoms with Crippen molar-refractivity contribution < 1.29 is 14.2 Å². The first-order valence-electron chi connectivity index (χ1n) is 7.74. The van der Waals surface area contributed by atoms with Gasteiger partial charge >= 0.3 is 5.69 Å². The largest absolute Gasteiger partial charge is 0.393 e. The van der Waals surface area contributed by atoms with E-state index in [2.05, 4.69) is 11.9 Å². The van der Waals surface area contributed by atoms with Crippen molar-refractivity contribution in [3.05, 3.63) is 22.5 Å². The first kappa shape index (κ1) is 16.9. The highest BCUT2D eigenvalue weighted by molar-refractivity contribution is 5.26. The highest BCUT2D eigenvalue weighted by atomic mass is 19.1. The van der Waals surface area contributed by atoms with Gasteiger partial charge in [-0.05, 0) is 44.9 Å². The molecule has 0 spiro atoms. The van der Waals surface area contributed by atoms with Gasteiger partial charge in [-0.15, -0.1) is 0 Å². The molecule has 0 bridgehead atoms. The minimum Gasteiger partial charge on any atom is -0.393 e. The molecule has 1 aliphatic carbocycles. The molecule has 2 fully saturated rings. The van der Waals surface area contributed by atoms with E-state index in [1.807, 2.05) is 6.92 Å². The summed E-state index contributed by atoms with van der Waals surface area (Å²) in [5.74, 6) is -0.296. The van der Waals surface area contributed by atoms with Gasteiger partial charge in [0.15, 0.2) is 11.6 Å². The van der Waals surface area contributed by atoms with E-state index in [0.717, 1.165) is 35.9 Å². The van der Waals surface area contributed by atoms with E-state index >= 15 is 0 Å². The number of nitrogens with zero attached hydrogens (tertiary/aromatic N) is 2. The number of rotatable bonds is 1. The van der Waals surface area contributed by atoms with Crippen LogP contribution in [0.2, 0.25) is 0 Å². The zero-order valence-electron chi connectivity index (χ0n) is 13.0. The molecule has 2 aliphatic rings. The Morgan fingerprint density at radius 1 is 1.36 bits per heavy atom. The van der Waals surface area contributed by atoms with E-state index in [1.54, 1.807) is 0 Å². The van der Waals surface area contributed by atoms with Crippen molar-refractivity contribution in [1.29, 1.82) is 0 Å². The number of halogens is 1. The maximum Gasteiger partial charge on any atom is 0.351 e. The Labute approximate surface area is 129 Å². The quantitative estimate of drug-likeness (QED) is 0.825. The molecule has 124 valence electrons. The summed E-state index contributed by atoms with van der Waals surface area (Å²) in [7, 11) is 0. The Hall–Kier alpha value is -1.47. The highest BCUT2D eigenvalue weighted by Gasteiger charge is 2.25. The van der Waals surface area contributed by atoms with Crippen LogP contribution in [0.15, 0.2) is 11.0 Å². The minimum atomic E-state index is -0.697. The number of aliphatic hydroxyl groups excluding tert-OH is 1. The Morgan fingerprint density at radius 3 is 2.55 bits per heavy atom. The van der Waals surface area contributed by atoms with Gasteiger partial charge in [0.2, 0.25) is 0 Å². The third-order valence-corrected chi connectivity index (χ3v) is 4.12. The van der Waals surface area contributed by atoms with Crippen molar-refractivity contribution in [3.8, 4) is 0 Å². The molecule has 1 aromatic rings. The fourth-order valence-corrected chi connectivity index (χ4v) is 2.83. The Bertz CT molecular complexity index is 555. The average Bonchev–Trinajstić information content (AvgIpc) is 3.03. The van der Waals surface area contributed by atoms with Crippen LogP contribution >= 0.6 is 0 Å². The van der Waals surface area contributed by atoms with E-state index < -0.39 is 17.7 Å². The fraction of sp³-hybridized carbons (Fsp3) is 0.733. The van der Waals surface area contributed by atoms with Crippen LogP contribution < -0.4 is 11.4 Å². The topological polar surface area (TPSA) is 90.4 Å². The van der Waals surface area contributed by atoms with Crippen LogP contribution in [0.1, 0.15) is 52.2 Å². The lowest BCUT2D eigenvalue weighted by Gasteiger charge is -2.13. The number of nitrogens with two attached hydrogens (primary N) is 1. The third kappa shape index (κ3) is 4.27. The summed E-state index contributed by atoms with van der Waals surface area (Å²) in [5, 5.41) is 8.90. The van der Waals surface area contributed by atoms with Crippen molar-refractivity contribution in [1.82, 2.24) is 9.55 Å². The lowest BCUT2D eigenvalue weighted by atomic mass is 10.1. The summed E-state index contributed by atoms with van der Waals surface area (Å²) in [6.07, 6.45) is 5.55. The molecule has 1 saturated heterocycles. The maximum absolute atomic E-state index is 13.1. The average molecular weight is 313 g/mol. The molecule has 0 aromatic carbocycles. The Morgan fingerprint density at radius 2 is 2.09 bits per heavy atom. The predicted molar refractivity (Wildman–Crippen MR) is 80.7 cm³/mol. The zero-order chi connectivity index (χ0) is 16.3. The molecule has 0 radical (unpaired) electrons. The summed E-state index contributed by atoms with van der Waals surface area (Å²) in [4.78, 5) is 14.8. The molecule has 3 rings (SSSR count). The molecule has 4 atom stereocenters. The van der Waals surface area contributed by atoms with Crippen molar-refractivity contribution >= 4 is 5.82 Å². The number of nitrogen functional groups attached to an aromatic ring is 1. The fourth-order valence-electron chi connectivity index (χ4n) is 2.83. The number of hydrogen-bond donors (Lipinski definition) is 2. The Kier molecular flexibility index (Phi) is 5.52. The van der Waals surface area contributed by atoms with Crippen LogP contribution in [0.5, 0.6) is 0 Å². The highest BCUT2D eigenvalue weighted by Crippen LogP contribution is 2.26. The summed E-state index contributed by atoms with van der Waals surface area (Å²) >= 11 is 0. The van der Waals surface area contributed by atoms with Gasteiger partial charge in [0.1, 0.15) is 6.23 Å². The van der Waals surface area contributed by atoms with E-state index in [9.17, 15) is 9.18 Å². The first-order chi connectivity index (χ1) is 10.4. The summed E-state index contributed by atoms with van der Waals surface area (Å²) in [5.41, 5.74) is 4.60. The number of aromatic nitrogens is 2. The zero-order valence-corrected chi connectivity index (χ0v) is 13.0. The molecule has 6 nitrogen and oxygen atoms in total. The number of anilines is 1. The molecule has 1 aliphatic heterocycles. The van der Waals surface area contributed by atoms with E-state index in [1.165, 1.54) is 6.42 Å². The van der Waals surface area contributed by atoms with Gasteiger partial charge in [-0.2, -0.15) is 4.98 Å². The summed E-state index contributed by atoms with van der Waals surface area (Å²) in [6, 6.07) is 0. The second-order valence-electron chi connectivity index (χ2n) is 6.21. The van der Waals surface area contributed by atoms with Gasteiger partial charge in [-0.3, -0.25) is 4.57 Å². The Balaban J connectivity index is 0.000000211. The predicted octanol–water partition coefficient (Wildman–Crippen LogP) is 1.83. The third-order valence-electron chi connectivity index (χ3n) is 4.12. The van der Waals surface area contributed by atoms with E-state index in [-0.39, 0.29) is 18.0 Å². The van der Waals surface area contributed by atoms with Crippen LogP contribution in [-0.4, -0.2) is 26.9 Å². The van der Waals surface area contributed by atoms with Crippen LogP contribution in [0.4, 0.5) is 10.2 Å². The second-order valence-corrected chi connectivity index (χ2v) is 6.21. The van der Waals surface area contributed by atoms with Crippen LogP contribution in [0, 0.1) is 11.7 Å². The van der Waals surface area contributed by atoms with Gasteiger partial charge in [-0.1, -0.05) is 6.92 Å². The molecule has 3 N–H and O–H groups in total. The molecule has 2 heterocycles. The van der Waals surface area contributed by atoms with Gasteiger partial charge in [0, 0.05) is 0 Å². The number of aliphatic hydroxyl groups is 1. The van der Waals surface area contributed by atoms with Crippen molar-refractivity contribution in [2.24, 2.45) is 5.92 Å². The SMILES string of the molecule is CC1CCC(O)C1.CC1CCC(n2cc(F)c(N)nc2=O)O1. The van der Waals surface area contributed by atoms with E-state index in [4.69, 9.17) is 15.6 Å².